The molecule has 0 unspecified atom stereocenters. The Balaban J connectivity index is 1.33. The summed E-state index contributed by atoms with van der Waals surface area (Å²) in [4.78, 5) is 16.8. The minimum absolute atomic E-state index is 0.0801. The largest absolute Gasteiger partial charge is 0.376 e. The number of amides is 1. The number of hydrogen-bond donors (Lipinski definition) is 1. The number of ether oxygens (including phenoxy) is 1. The molecule has 1 fully saturated rings. The number of hydrogen-bond acceptors (Lipinski definition) is 6. The van der Waals surface area contributed by atoms with Crippen molar-refractivity contribution in [1.29, 1.82) is 0 Å². The molecule has 0 saturated carbocycles. The number of carbonyl (C=O) groups is 1. The van der Waals surface area contributed by atoms with Crippen LogP contribution in [-0.2, 0) is 16.1 Å². The molecule has 1 aliphatic heterocycles. The number of carbonyl (C=O) groups excluding carboxylic acids is 1. The summed E-state index contributed by atoms with van der Waals surface area (Å²) in [6, 6.07) is 17.7. The standard InChI is InChI=1S/C24H23N5O2S/c30-22(26-21-9-3-6-17-5-1-2-8-20(17)21)16-32-24-28-27-23(18-10-12-25-13-11-18)29(24)15-19-7-4-14-31-19/h1-3,5-6,8-13,19H,4,7,14-16H2,(H,26,30)/t19-/m1/s1. The molecule has 7 nitrogen and oxygen atoms in total. The Labute approximate surface area is 190 Å². The normalized spacial score (nSPS) is 15.8. The lowest BCUT2D eigenvalue weighted by molar-refractivity contribution is -0.113. The van der Waals surface area contributed by atoms with Crippen molar-refractivity contribution in [3.8, 4) is 11.4 Å². The van der Waals surface area contributed by atoms with E-state index in [0.29, 0.717) is 11.7 Å². The number of nitrogens with zero attached hydrogens (tertiary/aromatic N) is 4. The van der Waals surface area contributed by atoms with Crippen molar-refractivity contribution < 1.29 is 9.53 Å². The number of nitrogens with one attached hydrogen (secondary N) is 1. The second-order valence-electron chi connectivity index (χ2n) is 7.65. The molecule has 1 aliphatic rings. The van der Waals surface area contributed by atoms with Crippen LogP contribution in [0.3, 0.4) is 0 Å². The first kappa shape index (κ1) is 20.7. The highest BCUT2D eigenvalue weighted by Gasteiger charge is 2.22. The van der Waals surface area contributed by atoms with Gasteiger partial charge in [-0.1, -0.05) is 48.2 Å². The fraction of sp³-hybridized carbons (Fsp3) is 0.250. The third-order valence-corrected chi connectivity index (χ3v) is 6.43. The Morgan fingerprint density at radius 2 is 1.94 bits per heavy atom. The Hall–Kier alpha value is -3.23. The summed E-state index contributed by atoms with van der Waals surface area (Å²) in [5.74, 6) is 0.923. The average Bonchev–Trinajstić information content (AvgIpc) is 3.49. The number of aromatic nitrogens is 4. The van der Waals surface area contributed by atoms with Crippen LogP contribution in [0.4, 0.5) is 5.69 Å². The van der Waals surface area contributed by atoms with Crippen LogP contribution in [0, 0.1) is 0 Å². The van der Waals surface area contributed by atoms with Crippen LogP contribution in [0.15, 0.2) is 72.1 Å². The van der Waals surface area contributed by atoms with Crippen molar-refractivity contribution >= 4 is 34.1 Å². The van der Waals surface area contributed by atoms with Gasteiger partial charge in [0, 0.05) is 35.6 Å². The predicted octanol–water partition coefficient (Wildman–Crippen LogP) is 4.40. The van der Waals surface area contributed by atoms with E-state index in [4.69, 9.17) is 4.74 Å². The first-order chi connectivity index (χ1) is 15.8. The Morgan fingerprint density at radius 3 is 2.78 bits per heavy atom. The minimum atomic E-state index is -0.0801. The van der Waals surface area contributed by atoms with E-state index in [0.717, 1.165) is 47.3 Å². The van der Waals surface area contributed by atoms with E-state index in [1.165, 1.54) is 11.8 Å². The third kappa shape index (κ3) is 4.51. The molecule has 1 amide bonds. The second kappa shape index (κ2) is 9.50. The molecule has 0 spiro atoms. The van der Waals surface area contributed by atoms with Crippen molar-refractivity contribution in [1.82, 2.24) is 19.7 Å². The lowest BCUT2D eigenvalue weighted by Gasteiger charge is -2.14. The zero-order valence-electron chi connectivity index (χ0n) is 17.5. The van der Waals surface area contributed by atoms with Crippen molar-refractivity contribution in [3.63, 3.8) is 0 Å². The molecule has 2 aromatic heterocycles. The van der Waals surface area contributed by atoms with Crippen molar-refractivity contribution in [2.75, 3.05) is 17.7 Å². The van der Waals surface area contributed by atoms with Gasteiger partial charge in [0.2, 0.25) is 5.91 Å². The predicted molar refractivity (Wildman–Crippen MR) is 126 cm³/mol. The minimum Gasteiger partial charge on any atom is -0.376 e. The van der Waals surface area contributed by atoms with Crippen molar-refractivity contribution in [2.24, 2.45) is 0 Å². The molecule has 2 aromatic carbocycles. The SMILES string of the molecule is O=C(CSc1nnc(-c2ccncc2)n1C[C@H]1CCCO1)Nc1cccc2ccccc12. The summed E-state index contributed by atoms with van der Waals surface area (Å²) in [7, 11) is 0. The average molecular weight is 446 g/mol. The molecular formula is C24H23N5O2S. The number of pyridine rings is 1. The quantitative estimate of drug-likeness (QED) is 0.425. The molecule has 0 bridgehead atoms. The van der Waals surface area contributed by atoms with E-state index in [9.17, 15) is 4.79 Å². The van der Waals surface area contributed by atoms with E-state index < -0.39 is 0 Å². The molecular weight excluding hydrogens is 422 g/mol. The summed E-state index contributed by atoms with van der Waals surface area (Å²) in [5.41, 5.74) is 1.75. The molecule has 3 heterocycles. The fourth-order valence-corrected chi connectivity index (χ4v) is 4.67. The highest BCUT2D eigenvalue weighted by Crippen LogP contribution is 2.27. The number of rotatable bonds is 7. The van der Waals surface area contributed by atoms with Crippen LogP contribution >= 0.6 is 11.8 Å². The molecule has 4 aromatic rings. The highest BCUT2D eigenvalue weighted by atomic mass is 32.2. The van der Waals surface area contributed by atoms with Crippen LogP contribution in [0.1, 0.15) is 12.8 Å². The van der Waals surface area contributed by atoms with Gasteiger partial charge < -0.3 is 10.1 Å². The van der Waals surface area contributed by atoms with Crippen LogP contribution in [0.5, 0.6) is 0 Å². The lowest BCUT2D eigenvalue weighted by Crippen LogP contribution is -2.18. The fourth-order valence-electron chi connectivity index (χ4n) is 3.92. The third-order valence-electron chi connectivity index (χ3n) is 5.46. The van der Waals surface area contributed by atoms with Crippen LogP contribution in [0.2, 0.25) is 0 Å². The van der Waals surface area contributed by atoms with Gasteiger partial charge in [-0.2, -0.15) is 0 Å². The molecule has 8 heteroatoms. The van der Waals surface area contributed by atoms with Crippen LogP contribution in [0.25, 0.3) is 22.2 Å². The number of thioether (sulfide) groups is 1. The van der Waals surface area contributed by atoms with Gasteiger partial charge in [0.05, 0.1) is 18.4 Å². The summed E-state index contributed by atoms with van der Waals surface area (Å²) >= 11 is 1.38. The van der Waals surface area contributed by atoms with Crippen molar-refractivity contribution in [2.45, 2.75) is 30.6 Å². The molecule has 1 atom stereocenters. The molecule has 0 radical (unpaired) electrons. The van der Waals surface area contributed by atoms with E-state index in [1.54, 1.807) is 12.4 Å². The topological polar surface area (TPSA) is 81.9 Å². The monoisotopic (exact) mass is 445 g/mol. The molecule has 0 aliphatic carbocycles. The van der Waals surface area contributed by atoms with E-state index in [-0.39, 0.29) is 17.8 Å². The molecule has 1 N–H and O–H groups in total. The van der Waals surface area contributed by atoms with Gasteiger partial charge in [-0.3, -0.25) is 14.3 Å². The van der Waals surface area contributed by atoms with Gasteiger partial charge in [0.25, 0.3) is 0 Å². The Bertz CT molecular complexity index is 1220. The lowest BCUT2D eigenvalue weighted by atomic mass is 10.1. The maximum Gasteiger partial charge on any atom is 0.234 e. The summed E-state index contributed by atoms with van der Waals surface area (Å²) in [6.45, 7) is 1.45. The second-order valence-corrected chi connectivity index (χ2v) is 8.59. The van der Waals surface area contributed by atoms with E-state index >= 15 is 0 Å². The zero-order valence-corrected chi connectivity index (χ0v) is 18.3. The first-order valence-corrected chi connectivity index (χ1v) is 11.6. The van der Waals surface area contributed by atoms with Gasteiger partial charge in [0.15, 0.2) is 11.0 Å². The number of fused-ring (bicyclic) bond motifs is 1. The maximum atomic E-state index is 12.7. The van der Waals surface area contributed by atoms with Gasteiger partial charge in [-0.15, -0.1) is 10.2 Å². The van der Waals surface area contributed by atoms with E-state index in [1.807, 2.05) is 54.6 Å². The zero-order chi connectivity index (χ0) is 21.8. The smallest absolute Gasteiger partial charge is 0.234 e. The highest BCUT2D eigenvalue weighted by molar-refractivity contribution is 7.99. The van der Waals surface area contributed by atoms with Gasteiger partial charge in [-0.25, -0.2) is 0 Å². The molecule has 162 valence electrons. The summed E-state index contributed by atoms with van der Waals surface area (Å²) < 4.78 is 7.90. The van der Waals surface area contributed by atoms with Gasteiger partial charge >= 0.3 is 0 Å². The van der Waals surface area contributed by atoms with Crippen molar-refractivity contribution in [3.05, 3.63) is 67.0 Å². The first-order valence-electron chi connectivity index (χ1n) is 10.6. The van der Waals surface area contributed by atoms with Crippen LogP contribution < -0.4 is 5.32 Å². The molecule has 32 heavy (non-hydrogen) atoms. The number of benzene rings is 2. The van der Waals surface area contributed by atoms with Gasteiger partial charge in [0.1, 0.15) is 0 Å². The Morgan fingerprint density at radius 1 is 1.09 bits per heavy atom. The number of anilines is 1. The van der Waals surface area contributed by atoms with E-state index in [2.05, 4.69) is 25.1 Å². The Kier molecular flexibility index (Phi) is 6.13. The maximum absolute atomic E-state index is 12.7. The summed E-state index contributed by atoms with van der Waals surface area (Å²) in [6.07, 6.45) is 5.69. The molecule has 1 saturated heterocycles. The molecule has 5 rings (SSSR count). The summed E-state index contributed by atoms with van der Waals surface area (Å²) in [5, 5.41) is 14.7. The van der Waals surface area contributed by atoms with Crippen LogP contribution in [-0.4, -0.2) is 44.1 Å². The van der Waals surface area contributed by atoms with Gasteiger partial charge in [-0.05, 0) is 36.4 Å².